The quantitative estimate of drug-likeness (QED) is 0.830. The van der Waals surface area contributed by atoms with Crippen LogP contribution in [0.25, 0.3) is 11.0 Å². The average Bonchev–Trinajstić information content (AvgIpc) is 2.95. The zero-order chi connectivity index (χ0) is 12.2. The Labute approximate surface area is 104 Å². The summed E-state index contributed by atoms with van der Waals surface area (Å²) in [6.45, 7) is 0. The van der Waals surface area contributed by atoms with Gasteiger partial charge < -0.3 is 9.84 Å². The molecule has 2 aromatic rings. The highest BCUT2D eigenvalue weighted by Gasteiger charge is 2.44. The molecule has 5 nitrogen and oxygen atoms in total. The Bertz CT molecular complexity index is 583. The molecule has 2 fully saturated rings. The van der Waals surface area contributed by atoms with Crippen molar-refractivity contribution in [3.05, 3.63) is 23.8 Å². The van der Waals surface area contributed by atoms with Gasteiger partial charge in [-0.25, -0.2) is 4.63 Å². The van der Waals surface area contributed by atoms with Crippen molar-refractivity contribution in [2.75, 3.05) is 0 Å². The minimum absolute atomic E-state index is 0.194. The summed E-state index contributed by atoms with van der Waals surface area (Å²) in [6.07, 6.45) is 3.84. The van der Waals surface area contributed by atoms with Crippen molar-refractivity contribution in [3.8, 4) is 0 Å². The second kappa shape index (κ2) is 3.52. The van der Waals surface area contributed by atoms with Crippen LogP contribution in [0.1, 0.15) is 31.2 Å². The molecule has 0 radical (unpaired) electrons. The van der Waals surface area contributed by atoms with Crippen molar-refractivity contribution in [1.29, 1.82) is 0 Å². The lowest BCUT2D eigenvalue weighted by Crippen LogP contribution is -2.38. The topological polar surface area (TPSA) is 68.4 Å². The van der Waals surface area contributed by atoms with E-state index in [0.29, 0.717) is 18.4 Å². The highest BCUT2D eigenvalue weighted by atomic mass is 16.6. The van der Waals surface area contributed by atoms with E-state index < -0.39 is 5.60 Å². The SMILES string of the molecule is OC1(c2ccc3nonc3c2)CC2CCC(C1)O2. The molecule has 0 saturated carbocycles. The van der Waals surface area contributed by atoms with E-state index in [-0.39, 0.29) is 12.2 Å². The molecule has 2 bridgehead atoms. The largest absolute Gasteiger partial charge is 0.385 e. The molecular formula is C13H14N2O3. The summed E-state index contributed by atoms with van der Waals surface area (Å²) in [5, 5.41) is 18.5. The van der Waals surface area contributed by atoms with Gasteiger partial charge in [-0.15, -0.1) is 0 Å². The zero-order valence-corrected chi connectivity index (χ0v) is 9.87. The molecule has 3 heterocycles. The molecule has 18 heavy (non-hydrogen) atoms. The van der Waals surface area contributed by atoms with Crippen molar-refractivity contribution in [2.24, 2.45) is 0 Å². The van der Waals surface area contributed by atoms with Gasteiger partial charge >= 0.3 is 0 Å². The zero-order valence-electron chi connectivity index (χ0n) is 9.87. The average molecular weight is 246 g/mol. The first-order valence-electron chi connectivity index (χ1n) is 6.34. The van der Waals surface area contributed by atoms with E-state index in [4.69, 9.17) is 4.74 Å². The maximum atomic E-state index is 10.9. The van der Waals surface area contributed by atoms with Gasteiger partial charge in [0.25, 0.3) is 0 Å². The Morgan fingerprint density at radius 2 is 1.83 bits per heavy atom. The van der Waals surface area contributed by atoms with Crippen LogP contribution in [-0.4, -0.2) is 27.6 Å². The first-order valence-corrected chi connectivity index (χ1v) is 6.34. The Morgan fingerprint density at radius 1 is 1.11 bits per heavy atom. The van der Waals surface area contributed by atoms with Gasteiger partial charge in [0.15, 0.2) is 0 Å². The Balaban J connectivity index is 1.76. The van der Waals surface area contributed by atoms with Crippen molar-refractivity contribution in [1.82, 2.24) is 10.3 Å². The Kier molecular flexibility index (Phi) is 2.05. The monoisotopic (exact) mass is 246 g/mol. The summed E-state index contributed by atoms with van der Waals surface area (Å²) < 4.78 is 10.5. The highest BCUT2D eigenvalue weighted by Crippen LogP contribution is 2.44. The number of hydrogen-bond acceptors (Lipinski definition) is 5. The minimum Gasteiger partial charge on any atom is -0.385 e. The molecule has 1 aromatic carbocycles. The van der Waals surface area contributed by atoms with Gasteiger partial charge in [0, 0.05) is 12.8 Å². The summed E-state index contributed by atoms with van der Waals surface area (Å²) in [7, 11) is 0. The van der Waals surface area contributed by atoms with Crippen molar-refractivity contribution in [2.45, 2.75) is 43.5 Å². The van der Waals surface area contributed by atoms with E-state index in [1.165, 1.54) is 0 Å². The number of nitrogens with zero attached hydrogens (tertiary/aromatic N) is 2. The summed E-state index contributed by atoms with van der Waals surface area (Å²) in [6, 6.07) is 5.63. The van der Waals surface area contributed by atoms with Crippen molar-refractivity contribution in [3.63, 3.8) is 0 Å². The molecule has 2 aliphatic heterocycles. The van der Waals surface area contributed by atoms with Crippen LogP contribution in [0.5, 0.6) is 0 Å². The second-order valence-electron chi connectivity index (χ2n) is 5.37. The van der Waals surface area contributed by atoms with Crippen LogP contribution in [0.4, 0.5) is 0 Å². The molecular weight excluding hydrogens is 232 g/mol. The molecule has 2 aliphatic rings. The molecule has 4 rings (SSSR count). The smallest absolute Gasteiger partial charge is 0.135 e. The normalized spacial score (nSPS) is 35.2. The molecule has 1 N–H and O–H groups in total. The number of hydrogen-bond donors (Lipinski definition) is 1. The minimum atomic E-state index is -0.794. The molecule has 0 amide bonds. The summed E-state index contributed by atoms with van der Waals surface area (Å²) in [4.78, 5) is 0. The third kappa shape index (κ3) is 1.47. The molecule has 2 saturated heterocycles. The third-order valence-corrected chi connectivity index (χ3v) is 4.12. The highest BCUT2D eigenvalue weighted by molar-refractivity contribution is 5.74. The van der Waals surface area contributed by atoms with E-state index in [1.807, 2.05) is 18.2 Å². The van der Waals surface area contributed by atoms with Crippen molar-refractivity contribution < 1.29 is 14.5 Å². The van der Waals surface area contributed by atoms with Crippen molar-refractivity contribution >= 4 is 11.0 Å². The number of fused-ring (bicyclic) bond motifs is 3. The maximum absolute atomic E-state index is 10.9. The van der Waals surface area contributed by atoms with Gasteiger partial charge in [-0.2, -0.15) is 0 Å². The van der Waals surface area contributed by atoms with E-state index >= 15 is 0 Å². The Morgan fingerprint density at radius 3 is 2.61 bits per heavy atom. The summed E-state index contributed by atoms with van der Waals surface area (Å²) in [5.41, 5.74) is 1.51. The maximum Gasteiger partial charge on any atom is 0.135 e. The van der Waals surface area contributed by atoms with Crippen LogP contribution in [0, 0.1) is 0 Å². The summed E-state index contributed by atoms with van der Waals surface area (Å²) in [5.74, 6) is 0. The standard InChI is InChI=1S/C13H14N2O3/c16-13(6-9-2-3-10(7-13)17-9)8-1-4-11-12(5-8)15-18-14-11/h1,4-5,9-10,16H,2-3,6-7H2. The number of benzene rings is 1. The molecule has 94 valence electrons. The van der Waals surface area contributed by atoms with Crippen LogP contribution in [0.3, 0.4) is 0 Å². The fraction of sp³-hybridized carbons (Fsp3) is 0.538. The van der Waals surface area contributed by atoms with Gasteiger partial charge in [0.2, 0.25) is 0 Å². The molecule has 0 spiro atoms. The molecule has 0 aliphatic carbocycles. The molecule has 2 unspecified atom stereocenters. The first-order chi connectivity index (χ1) is 8.73. The number of aromatic nitrogens is 2. The van der Waals surface area contributed by atoms with E-state index in [2.05, 4.69) is 14.9 Å². The van der Waals surface area contributed by atoms with Gasteiger partial charge in [0.05, 0.1) is 17.8 Å². The van der Waals surface area contributed by atoms with E-state index in [0.717, 1.165) is 23.9 Å². The van der Waals surface area contributed by atoms with Crippen LogP contribution in [0.15, 0.2) is 22.8 Å². The third-order valence-electron chi connectivity index (χ3n) is 4.12. The van der Waals surface area contributed by atoms with Gasteiger partial charge in [0.1, 0.15) is 11.0 Å². The predicted octanol–water partition coefficient (Wildman–Crippen LogP) is 1.75. The number of ether oxygens (including phenoxy) is 1. The number of rotatable bonds is 1. The van der Waals surface area contributed by atoms with Crippen LogP contribution < -0.4 is 0 Å². The van der Waals surface area contributed by atoms with E-state index in [1.54, 1.807) is 0 Å². The van der Waals surface area contributed by atoms with Gasteiger partial charge in [-0.1, -0.05) is 6.07 Å². The predicted molar refractivity (Wildman–Crippen MR) is 62.8 cm³/mol. The first kappa shape index (κ1) is 10.5. The molecule has 2 atom stereocenters. The second-order valence-corrected chi connectivity index (χ2v) is 5.37. The van der Waals surface area contributed by atoms with Crippen LogP contribution in [0.2, 0.25) is 0 Å². The summed E-state index contributed by atoms with van der Waals surface area (Å²) >= 11 is 0. The van der Waals surface area contributed by atoms with Gasteiger partial charge in [-0.05, 0) is 40.9 Å². The lowest BCUT2D eigenvalue weighted by atomic mass is 9.83. The molecule has 5 heteroatoms. The Hall–Kier alpha value is -1.46. The fourth-order valence-corrected chi connectivity index (χ4v) is 3.22. The van der Waals surface area contributed by atoms with E-state index in [9.17, 15) is 5.11 Å². The van der Waals surface area contributed by atoms with Crippen LogP contribution >= 0.6 is 0 Å². The van der Waals surface area contributed by atoms with Gasteiger partial charge in [-0.3, -0.25) is 0 Å². The van der Waals surface area contributed by atoms with Crippen LogP contribution in [-0.2, 0) is 10.3 Å². The number of aliphatic hydroxyl groups is 1. The molecule has 1 aromatic heterocycles. The lowest BCUT2D eigenvalue weighted by Gasteiger charge is -2.36. The fourth-order valence-electron chi connectivity index (χ4n) is 3.22. The lowest BCUT2D eigenvalue weighted by molar-refractivity contribution is -0.115.